The third kappa shape index (κ3) is 7.10. The van der Waals surface area contributed by atoms with Crippen LogP contribution in [0.1, 0.15) is 32.1 Å². The summed E-state index contributed by atoms with van der Waals surface area (Å²) in [6.07, 6.45) is 3.91. The molecule has 2 amide bonds. The molecule has 0 radical (unpaired) electrons. The molecule has 1 rings (SSSR count). The van der Waals surface area contributed by atoms with Crippen molar-refractivity contribution in [3.63, 3.8) is 0 Å². The number of hydrogen-bond acceptors (Lipinski definition) is 3. The molecule has 1 unspecified atom stereocenters. The maximum absolute atomic E-state index is 11.3. The van der Waals surface area contributed by atoms with Crippen molar-refractivity contribution >= 4 is 23.8 Å². The Balaban J connectivity index is 1.92. The number of amides is 2. The smallest absolute Gasteiger partial charge is 0.314 e. The molecule has 17 heavy (non-hydrogen) atoms. The SMILES string of the molecule is O=C(O)CCCCNC(=O)NCC1CCCS1. The number of urea groups is 1. The summed E-state index contributed by atoms with van der Waals surface area (Å²) in [7, 11) is 0. The van der Waals surface area contributed by atoms with Gasteiger partial charge in [0.2, 0.25) is 0 Å². The quantitative estimate of drug-likeness (QED) is 0.605. The third-order valence-corrected chi connectivity index (χ3v) is 4.02. The van der Waals surface area contributed by atoms with E-state index in [2.05, 4.69) is 10.6 Å². The Kier molecular flexibility index (Phi) is 6.84. The molecule has 0 spiro atoms. The normalized spacial score (nSPS) is 18.9. The molecule has 0 aromatic rings. The number of hydrogen-bond donors (Lipinski definition) is 3. The molecule has 3 N–H and O–H groups in total. The molecule has 1 aliphatic rings. The van der Waals surface area contributed by atoms with Crippen LogP contribution >= 0.6 is 11.8 Å². The number of nitrogens with one attached hydrogen (secondary N) is 2. The van der Waals surface area contributed by atoms with Crippen LogP contribution in [0.25, 0.3) is 0 Å². The van der Waals surface area contributed by atoms with Gasteiger partial charge in [-0.25, -0.2) is 4.79 Å². The van der Waals surface area contributed by atoms with Crippen LogP contribution in [-0.4, -0.2) is 41.2 Å². The van der Waals surface area contributed by atoms with Gasteiger partial charge < -0.3 is 15.7 Å². The predicted molar refractivity (Wildman–Crippen MR) is 68.4 cm³/mol. The van der Waals surface area contributed by atoms with Crippen LogP contribution in [0.3, 0.4) is 0 Å². The van der Waals surface area contributed by atoms with E-state index >= 15 is 0 Å². The molecule has 1 heterocycles. The highest BCUT2D eigenvalue weighted by atomic mass is 32.2. The van der Waals surface area contributed by atoms with E-state index in [-0.39, 0.29) is 12.5 Å². The Labute approximate surface area is 106 Å². The highest BCUT2D eigenvalue weighted by Gasteiger charge is 2.15. The lowest BCUT2D eigenvalue weighted by Gasteiger charge is -2.11. The van der Waals surface area contributed by atoms with Crippen LogP contribution < -0.4 is 10.6 Å². The van der Waals surface area contributed by atoms with Crippen LogP contribution in [0.2, 0.25) is 0 Å². The van der Waals surface area contributed by atoms with Gasteiger partial charge in [0, 0.05) is 24.8 Å². The summed E-state index contributed by atoms with van der Waals surface area (Å²) in [4.78, 5) is 21.6. The summed E-state index contributed by atoms with van der Waals surface area (Å²) in [5, 5.41) is 14.6. The van der Waals surface area contributed by atoms with Crippen molar-refractivity contribution in [1.29, 1.82) is 0 Å². The second-order valence-corrected chi connectivity index (χ2v) is 5.53. The molecular formula is C11H20N2O3S. The zero-order valence-corrected chi connectivity index (χ0v) is 10.7. The first-order chi connectivity index (χ1) is 8.18. The number of carboxylic acids is 1. The minimum absolute atomic E-state index is 0.146. The lowest BCUT2D eigenvalue weighted by atomic mass is 10.2. The summed E-state index contributed by atoms with van der Waals surface area (Å²) in [6.45, 7) is 1.27. The van der Waals surface area contributed by atoms with E-state index in [1.165, 1.54) is 18.6 Å². The number of unbranched alkanes of at least 4 members (excludes halogenated alkanes) is 1. The fourth-order valence-electron chi connectivity index (χ4n) is 1.68. The number of carbonyl (C=O) groups excluding carboxylic acids is 1. The molecule has 0 aliphatic carbocycles. The highest BCUT2D eigenvalue weighted by molar-refractivity contribution is 8.00. The zero-order valence-electron chi connectivity index (χ0n) is 9.91. The molecule has 98 valence electrons. The lowest BCUT2D eigenvalue weighted by Crippen LogP contribution is -2.39. The fourth-order valence-corrected chi connectivity index (χ4v) is 2.88. The molecule has 1 atom stereocenters. The van der Waals surface area contributed by atoms with Gasteiger partial charge in [0.25, 0.3) is 0 Å². The Bertz CT molecular complexity index is 255. The Morgan fingerprint density at radius 3 is 2.76 bits per heavy atom. The van der Waals surface area contributed by atoms with Crippen molar-refractivity contribution in [3.05, 3.63) is 0 Å². The largest absolute Gasteiger partial charge is 0.481 e. The number of carbonyl (C=O) groups is 2. The van der Waals surface area contributed by atoms with Gasteiger partial charge in [-0.2, -0.15) is 11.8 Å². The van der Waals surface area contributed by atoms with E-state index in [9.17, 15) is 9.59 Å². The Morgan fingerprint density at radius 1 is 1.29 bits per heavy atom. The van der Waals surface area contributed by atoms with Crippen LogP contribution in [0, 0.1) is 0 Å². The van der Waals surface area contributed by atoms with E-state index in [0.29, 0.717) is 24.6 Å². The minimum Gasteiger partial charge on any atom is -0.481 e. The Hall–Kier alpha value is -0.910. The first kappa shape index (κ1) is 14.2. The maximum atomic E-state index is 11.3. The van der Waals surface area contributed by atoms with Crippen molar-refractivity contribution in [3.8, 4) is 0 Å². The van der Waals surface area contributed by atoms with Gasteiger partial charge in [0.15, 0.2) is 0 Å². The standard InChI is InChI=1S/C11H20N2O3S/c14-10(15)5-1-2-6-12-11(16)13-8-9-4-3-7-17-9/h9H,1-8H2,(H,14,15)(H2,12,13,16). The average Bonchev–Trinajstić information content (AvgIpc) is 2.78. The zero-order chi connectivity index (χ0) is 12.5. The first-order valence-corrected chi connectivity index (χ1v) is 7.08. The van der Waals surface area contributed by atoms with Crippen molar-refractivity contribution in [2.75, 3.05) is 18.8 Å². The summed E-state index contributed by atoms with van der Waals surface area (Å²) < 4.78 is 0. The highest BCUT2D eigenvalue weighted by Crippen LogP contribution is 2.25. The number of rotatable bonds is 7. The van der Waals surface area contributed by atoms with E-state index in [0.717, 1.165) is 6.54 Å². The van der Waals surface area contributed by atoms with Crippen LogP contribution in [-0.2, 0) is 4.79 Å². The van der Waals surface area contributed by atoms with Crippen molar-refractivity contribution in [1.82, 2.24) is 10.6 Å². The second kappa shape index (κ2) is 8.22. The first-order valence-electron chi connectivity index (χ1n) is 6.03. The van der Waals surface area contributed by atoms with E-state index < -0.39 is 5.97 Å². The fraction of sp³-hybridized carbons (Fsp3) is 0.818. The van der Waals surface area contributed by atoms with Crippen molar-refractivity contribution in [2.24, 2.45) is 0 Å². The average molecular weight is 260 g/mol. The van der Waals surface area contributed by atoms with Gasteiger partial charge in [-0.3, -0.25) is 4.79 Å². The molecule has 0 aromatic carbocycles. The van der Waals surface area contributed by atoms with Gasteiger partial charge in [-0.1, -0.05) is 0 Å². The van der Waals surface area contributed by atoms with E-state index in [4.69, 9.17) is 5.11 Å². The van der Waals surface area contributed by atoms with Crippen molar-refractivity contribution < 1.29 is 14.7 Å². The summed E-state index contributed by atoms with van der Waals surface area (Å²) in [5.74, 6) is 0.413. The summed E-state index contributed by atoms with van der Waals surface area (Å²) in [5.41, 5.74) is 0. The van der Waals surface area contributed by atoms with Crippen LogP contribution in [0.4, 0.5) is 4.79 Å². The molecule has 6 heteroatoms. The molecular weight excluding hydrogens is 240 g/mol. The molecule has 0 saturated carbocycles. The summed E-state index contributed by atoms with van der Waals surface area (Å²) >= 11 is 1.91. The van der Waals surface area contributed by atoms with Gasteiger partial charge in [0.1, 0.15) is 0 Å². The van der Waals surface area contributed by atoms with Gasteiger partial charge in [0.05, 0.1) is 0 Å². The van der Waals surface area contributed by atoms with Crippen LogP contribution in [0.15, 0.2) is 0 Å². The van der Waals surface area contributed by atoms with Gasteiger partial charge in [-0.05, 0) is 31.4 Å². The van der Waals surface area contributed by atoms with Gasteiger partial charge >= 0.3 is 12.0 Å². The van der Waals surface area contributed by atoms with Gasteiger partial charge in [-0.15, -0.1) is 0 Å². The molecule has 1 fully saturated rings. The number of thioether (sulfide) groups is 1. The number of carboxylic acid groups (broad SMARTS) is 1. The van der Waals surface area contributed by atoms with E-state index in [1.54, 1.807) is 0 Å². The minimum atomic E-state index is -0.785. The third-order valence-electron chi connectivity index (χ3n) is 2.62. The predicted octanol–water partition coefficient (Wildman–Crippen LogP) is 1.44. The Morgan fingerprint density at radius 2 is 2.12 bits per heavy atom. The molecule has 1 saturated heterocycles. The molecule has 5 nitrogen and oxygen atoms in total. The van der Waals surface area contributed by atoms with E-state index in [1.807, 2.05) is 11.8 Å². The molecule has 0 aromatic heterocycles. The molecule has 0 bridgehead atoms. The van der Waals surface area contributed by atoms with Crippen molar-refractivity contribution in [2.45, 2.75) is 37.4 Å². The molecule has 1 aliphatic heterocycles. The number of aliphatic carboxylic acids is 1. The summed E-state index contributed by atoms with van der Waals surface area (Å²) in [6, 6.07) is -0.146. The topological polar surface area (TPSA) is 78.4 Å². The van der Waals surface area contributed by atoms with Crippen LogP contribution in [0.5, 0.6) is 0 Å². The lowest BCUT2D eigenvalue weighted by molar-refractivity contribution is -0.137. The monoisotopic (exact) mass is 260 g/mol. The second-order valence-electron chi connectivity index (χ2n) is 4.12. The maximum Gasteiger partial charge on any atom is 0.314 e.